The topological polar surface area (TPSA) is 26.3 Å². The third-order valence-corrected chi connectivity index (χ3v) is 2.21. The van der Waals surface area contributed by atoms with Crippen molar-refractivity contribution in [2.75, 3.05) is 6.61 Å². The molecule has 0 radical (unpaired) electrons. The molecule has 0 fully saturated rings. The van der Waals surface area contributed by atoms with E-state index in [9.17, 15) is 4.79 Å². The van der Waals surface area contributed by atoms with Gasteiger partial charge in [-0.3, -0.25) is 0 Å². The molecule has 0 bridgehead atoms. The summed E-state index contributed by atoms with van der Waals surface area (Å²) in [4.78, 5) is 12.0. The minimum Gasteiger partial charge on any atom is -0.461 e. The minimum atomic E-state index is -0.218. The van der Waals surface area contributed by atoms with Crippen LogP contribution in [-0.4, -0.2) is 12.6 Å². The Morgan fingerprint density at radius 2 is 2.23 bits per heavy atom. The molecule has 1 heterocycles. The summed E-state index contributed by atoms with van der Waals surface area (Å²) in [7, 11) is 0. The maximum atomic E-state index is 11.3. The number of hydrogen-bond acceptors (Lipinski definition) is 3. The molecular formula is C10H14O2S. The Labute approximate surface area is 82.5 Å². The first-order chi connectivity index (χ1) is 5.99. The molecule has 1 aromatic heterocycles. The summed E-state index contributed by atoms with van der Waals surface area (Å²) in [5.74, 6) is -0.218. The zero-order valence-corrected chi connectivity index (χ0v) is 8.98. The smallest absolute Gasteiger partial charge is 0.348 e. The third kappa shape index (κ3) is 3.59. The van der Waals surface area contributed by atoms with Crippen LogP contribution in [0.3, 0.4) is 0 Å². The molecule has 0 unspecified atom stereocenters. The summed E-state index contributed by atoms with van der Waals surface area (Å²) < 4.78 is 5.12. The molecular weight excluding hydrogens is 184 g/mol. The lowest BCUT2D eigenvalue weighted by Gasteiger charge is -2.17. The van der Waals surface area contributed by atoms with Gasteiger partial charge in [-0.15, -0.1) is 11.3 Å². The van der Waals surface area contributed by atoms with Crippen molar-refractivity contribution >= 4 is 17.3 Å². The Balaban J connectivity index is 2.44. The standard InChI is InChI=1S/C10H14O2S/c1-10(2,3)7-12-9(11)8-5-4-6-13-8/h4-6H,7H2,1-3H3. The van der Waals surface area contributed by atoms with Gasteiger partial charge in [0.1, 0.15) is 4.88 Å². The highest BCUT2D eigenvalue weighted by Gasteiger charge is 2.15. The Hall–Kier alpha value is -0.830. The summed E-state index contributed by atoms with van der Waals surface area (Å²) in [5, 5.41) is 1.87. The Morgan fingerprint density at radius 3 is 2.69 bits per heavy atom. The van der Waals surface area contributed by atoms with Crippen LogP contribution in [0.15, 0.2) is 17.5 Å². The molecule has 0 saturated heterocycles. The van der Waals surface area contributed by atoms with Crippen molar-refractivity contribution in [1.82, 2.24) is 0 Å². The number of rotatable bonds is 2. The number of esters is 1. The summed E-state index contributed by atoms with van der Waals surface area (Å²) in [6.45, 7) is 6.57. The lowest BCUT2D eigenvalue weighted by Crippen LogP contribution is -2.17. The van der Waals surface area contributed by atoms with Crippen molar-refractivity contribution in [2.24, 2.45) is 5.41 Å². The van der Waals surface area contributed by atoms with Crippen molar-refractivity contribution in [2.45, 2.75) is 20.8 Å². The van der Waals surface area contributed by atoms with E-state index in [2.05, 4.69) is 0 Å². The fourth-order valence-corrected chi connectivity index (χ4v) is 1.36. The predicted octanol–water partition coefficient (Wildman–Crippen LogP) is 2.95. The average Bonchev–Trinajstić information content (AvgIpc) is 2.50. The van der Waals surface area contributed by atoms with Crippen LogP contribution >= 0.6 is 11.3 Å². The molecule has 0 N–H and O–H groups in total. The molecule has 0 aliphatic carbocycles. The highest BCUT2D eigenvalue weighted by Crippen LogP contribution is 2.16. The van der Waals surface area contributed by atoms with Gasteiger partial charge in [-0.25, -0.2) is 4.79 Å². The molecule has 0 aromatic carbocycles. The normalized spacial score (nSPS) is 11.3. The molecule has 0 saturated carbocycles. The zero-order chi connectivity index (χ0) is 9.90. The van der Waals surface area contributed by atoms with Crippen LogP contribution in [0.25, 0.3) is 0 Å². The first kappa shape index (κ1) is 10.3. The lowest BCUT2D eigenvalue weighted by atomic mass is 9.99. The van der Waals surface area contributed by atoms with Gasteiger partial charge >= 0.3 is 5.97 Å². The third-order valence-electron chi connectivity index (χ3n) is 1.36. The van der Waals surface area contributed by atoms with Crippen molar-refractivity contribution < 1.29 is 9.53 Å². The van der Waals surface area contributed by atoms with Gasteiger partial charge in [-0.2, -0.15) is 0 Å². The lowest BCUT2D eigenvalue weighted by molar-refractivity contribution is 0.0372. The quantitative estimate of drug-likeness (QED) is 0.683. The summed E-state index contributed by atoms with van der Waals surface area (Å²) in [6.07, 6.45) is 0. The van der Waals surface area contributed by atoms with Gasteiger partial charge in [0.15, 0.2) is 0 Å². The van der Waals surface area contributed by atoms with Gasteiger partial charge in [0.25, 0.3) is 0 Å². The van der Waals surface area contributed by atoms with E-state index in [0.29, 0.717) is 11.5 Å². The van der Waals surface area contributed by atoms with E-state index in [0.717, 1.165) is 0 Å². The average molecular weight is 198 g/mol. The van der Waals surface area contributed by atoms with Gasteiger partial charge in [0.2, 0.25) is 0 Å². The van der Waals surface area contributed by atoms with E-state index in [1.54, 1.807) is 6.07 Å². The van der Waals surface area contributed by atoms with Crippen LogP contribution in [0.1, 0.15) is 30.4 Å². The second-order valence-corrected chi connectivity index (χ2v) is 5.06. The summed E-state index contributed by atoms with van der Waals surface area (Å²) in [6, 6.07) is 3.62. The molecule has 0 atom stereocenters. The fraction of sp³-hybridized carbons (Fsp3) is 0.500. The largest absolute Gasteiger partial charge is 0.461 e. The number of carbonyl (C=O) groups excluding carboxylic acids is 1. The highest BCUT2D eigenvalue weighted by molar-refractivity contribution is 7.11. The Bertz CT molecular complexity index is 270. The maximum absolute atomic E-state index is 11.3. The van der Waals surface area contributed by atoms with Crippen molar-refractivity contribution in [3.05, 3.63) is 22.4 Å². The van der Waals surface area contributed by atoms with E-state index in [-0.39, 0.29) is 11.4 Å². The highest BCUT2D eigenvalue weighted by atomic mass is 32.1. The number of thiophene rings is 1. The Kier molecular flexibility index (Phi) is 3.09. The molecule has 0 aliphatic rings. The van der Waals surface area contributed by atoms with Crippen molar-refractivity contribution in [1.29, 1.82) is 0 Å². The molecule has 72 valence electrons. The number of hydrogen-bond donors (Lipinski definition) is 0. The van der Waals surface area contributed by atoms with Crippen LogP contribution in [0.2, 0.25) is 0 Å². The Morgan fingerprint density at radius 1 is 1.54 bits per heavy atom. The molecule has 13 heavy (non-hydrogen) atoms. The van der Waals surface area contributed by atoms with Crippen LogP contribution in [0, 0.1) is 5.41 Å². The zero-order valence-electron chi connectivity index (χ0n) is 8.16. The molecule has 0 aliphatic heterocycles. The minimum absolute atomic E-state index is 0.0346. The second-order valence-electron chi connectivity index (χ2n) is 4.11. The second kappa shape index (κ2) is 3.92. The van der Waals surface area contributed by atoms with Crippen LogP contribution < -0.4 is 0 Å². The van der Waals surface area contributed by atoms with Gasteiger partial charge in [0, 0.05) is 0 Å². The molecule has 1 rings (SSSR count). The molecule has 3 heteroatoms. The van der Waals surface area contributed by atoms with Crippen LogP contribution in [0.4, 0.5) is 0 Å². The van der Waals surface area contributed by atoms with Crippen molar-refractivity contribution in [3.63, 3.8) is 0 Å². The monoisotopic (exact) mass is 198 g/mol. The SMILES string of the molecule is CC(C)(C)COC(=O)c1cccs1. The van der Waals surface area contributed by atoms with E-state index in [1.807, 2.05) is 32.2 Å². The van der Waals surface area contributed by atoms with Gasteiger partial charge in [-0.1, -0.05) is 26.8 Å². The first-order valence-corrected chi connectivity index (χ1v) is 5.08. The van der Waals surface area contributed by atoms with Gasteiger partial charge < -0.3 is 4.74 Å². The first-order valence-electron chi connectivity index (χ1n) is 4.20. The summed E-state index contributed by atoms with van der Waals surface area (Å²) >= 11 is 1.41. The molecule has 0 spiro atoms. The maximum Gasteiger partial charge on any atom is 0.348 e. The molecule has 2 nitrogen and oxygen atoms in total. The van der Waals surface area contributed by atoms with Crippen molar-refractivity contribution in [3.8, 4) is 0 Å². The van der Waals surface area contributed by atoms with Gasteiger partial charge in [-0.05, 0) is 16.9 Å². The van der Waals surface area contributed by atoms with Gasteiger partial charge in [0.05, 0.1) is 6.61 Å². The molecule has 0 amide bonds. The van der Waals surface area contributed by atoms with Crippen LogP contribution in [-0.2, 0) is 4.74 Å². The predicted molar refractivity (Wildman–Crippen MR) is 54.1 cm³/mol. The van der Waals surface area contributed by atoms with E-state index in [4.69, 9.17) is 4.74 Å². The van der Waals surface area contributed by atoms with E-state index < -0.39 is 0 Å². The number of carbonyl (C=O) groups is 1. The molecule has 1 aromatic rings. The summed E-state index contributed by atoms with van der Waals surface area (Å²) in [5.41, 5.74) is 0.0346. The van der Waals surface area contributed by atoms with E-state index in [1.165, 1.54) is 11.3 Å². The van der Waals surface area contributed by atoms with E-state index >= 15 is 0 Å². The number of ether oxygens (including phenoxy) is 1. The fourth-order valence-electron chi connectivity index (χ4n) is 0.748. The van der Waals surface area contributed by atoms with Crippen LogP contribution in [0.5, 0.6) is 0 Å².